The van der Waals surface area contributed by atoms with Crippen LogP contribution >= 0.6 is 0 Å². The fraction of sp³-hybridized carbons (Fsp3) is 0.294. The van der Waals surface area contributed by atoms with E-state index in [0.29, 0.717) is 11.7 Å². The van der Waals surface area contributed by atoms with Crippen LogP contribution in [-0.2, 0) is 6.54 Å². The zero-order chi connectivity index (χ0) is 17.1. The highest BCUT2D eigenvalue weighted by Gasteiger charge is 2.25. The van der Waals surface area contributed by atoms with Crippen LogP contribution in [0.1, 0.15) is 34.5 Å². The number of hydrogen-bond donors (Lipinski definition) is 2. The van der Waals surface area contributed by atoms with E-state index in [4.69, 9.17) is 0 Å². The number of hydrogen-bond acceptors (Lipinski definition) is 5. The first-order valence-electron chi connectivity index (χ1n) is 7.78. The SMILES string of the molecule is Cc1cccnc1CNC(=O)c1ccc(NC2CC2)c([N+](=O)[O-])c1. The Morgan fingerprint density at radius 1 is 1.38 bits per heavy atom. The molecule has 124 valence electrons. The number of nitrogens with zero attached hydrogens (tertiary/aromatic N) is 2. The van der Waals surface area contributed by atoms with Gasteiger partial charge in [0.05, 0.1) is 17.2 Å². The number of nitrogens with one attached hydrogen (secondary N) is 2. The third-order valence-corrected chi connectivity index (χ3v) is 3.93. The second kappa shape index (κ2) is 6.66. The van der Waals surface area contributed by atoms with Crippen LogP contribution in [0, 0.1) is 17.0 Å². The van der Waals surface area contributed by atoms with Gasteiger partial charge in [-0.1, -0.05) is 6.07 Å². The minimum Gasteiger partial charge on any atom is -0.377 e. The van der Waals surface area contributed by atoms with Crippen molar-refractivity contribution in [1.82, 2.24) is 10.3 Å². The highest BCUT2D eigenvalue weighted by Crippen LogP contribution is 2.31. The summed E-state index contributed by atoms with van der Waals surface area (Å²) in [4.78, 5) is 27.3. The van der Waals surface area contributed by atoms with Crippen LogP contribution in [0.3, 0.4) is 0 Å². The topological polar surface area (TPSA) is 97.2 Å². The zero-order valence-electron chi connectivity index (χ0n) is 13.3. The minimum absolute atomic E-state index is 0.0800. The van der Waals surface area contributed by atoms with Crippen molar-refractivity contribution < 1.29 is 9.72 Å². The van der Waals surface area contributed by atoms with Crippen LogP contribution in [0.4, 0.5) is 11.4 Å². The largest absolute Gasteiger partial charge is 0.377 e. The monoisotopic (exact) mass is 326 g/mol. The molecule has 2 aromatic rings. The van der Waals surface area contributed by atoms with Gasteiger partial charge in [-0.15, -0.1) is 0 Å². The molecule has 2 N–H and O–H groups in total. The number of rotatable bonds is 6. The van der Waals surface area contributed by atoms with Crippen molar-refractivity contribution in [2.75, 3.05) is 5.32 Å². The van der Waals surface area contributed by atoms with Crippen LogP contribution in [0.25, 0.3) is 0 Å². The van der Waals surface area contributed by atoms with Crippen molar-refractivity contribution >= 4 is 17.3 Å². The van der Waals surface area contributed by atoms with Crippen molar-refractivity contribution in [3.8, 4) is 0 Å². The molecule has 0 radical (unpaired) electrons. The summed E-state index contributed by atoms with van der Waals surface area (Å²) < 4.78 is 0. The molecule has 0 atom stereocenters. The van der Waals surface area contributed by atoms with Gasteiger partial charge in [-0.25, -0.2) is 0 Å². The number of amides is 1. The molecule has 0 spiro atoms. The molecule has 24 heavy (non-hydrogen) atoms. The molecule has 1 amide bonds. The van der Waals surface area contributed by atoms with E-state index in [1.807, 2.05) is 19.1 Å². The summed E-state index contributed by atoms with van der Waals surface area (Å²) in [5, 5.41) is 17.1. The summed E-state index contributed by atoms with van der Waals surface area (Å²) in [5.74, 6) is -0.360. The van der Waals surface area contributed by atoms with E-state index in [0.717, 1.165) is 24.1 Å². The van der Waals surface area contributed by atoms with Gasteiger partial charge in [0.1, 0.15) is 5.69 Å². The van der Waals surface area contributed by atoms with Crippen LogP contribution in [0.15, 0.2) is 36.5 Å². The van der Waals surface area contributed by atoms with Gasteiger partial charge >= 0.3 is 0 Å². The lowest BCUT2D eigenvalue weighted by atomic mass is 10.1. The Kier molecular flexibility index (Phi) is 4.41. The van der Waals surface area contributed by atoms with E-state index in [1.54, 1.807) is 18.3 Å². The Hall–Kier alpha value is -2.96. The lowest BCUT2D eigenvalue weighted by Crippen LogP contribution is -2.24. The van der Waals surface area contributed by atoms with Crippen molar-refractivity contribution in [1.29, 1.82) is 0 Å². The molecule has 1 saturated carbocycles. The van der Waals surface area contributed by atoms with Crippen molar-refractivity contribution in [3.05, 3.63) is 63.5 Å². The molecule has 1 aliphatic rings. The number of aromatic nitrogens is 1. The normalized spacial score (nSPS) is 13.4. The Morgan fingerprint density at radius 3 is 2.83 bits per heavy atom. The second-order valence-electron chi connectivity index (χ2n) is 5.86. The maximum Gasteiger partial charge on any atom is 0.293 e. The predicted octanol–water partition coefficient (Wildman–Crippen LogP) is 2.80. The first-order chi connectivity index (χ1) is 11.5. The van der Waals surface area contributed by atoms with Crippen LogP contribution in [0.5, 0.6) is 0 Å². The minimum atomic E-state index is -0.468. The molecular formula is C17H18N4O3. The number of pyridine rings is 1. The quantitative estimate of drug-likeness (QED) is 0.628. The van der Waals surface area contributed by atoms with E-state index in [-0.39, 0.29) is 23.7 Å². The molecular weight excluding hydrogens is 308 g/mol. The average Bonchev–Trinajstić information content (AvgIpc) is 3.38. The lowest BCUT2D eigenvalue weighted by molar-refractivity contribution is -0.384. The van der Waals surface area contributed by atoms with Crippen LogP contribution in [-0.4, -0.2) is 21.9 Å². The third kappa shape index (κ3) is 3.68. The summed E-state index contributed by atoms with van der Waals surface area (Å²) in [6, 6.07) is 8.55. The van der Waals surface area contributed by atoms with E-state index < -0.39 is 4.92 Å². The Balaban J connectivity index is 1.73. The van der Waals surface area contributed by atoms with Crippen molar-refractivity contribution in [2.45, 2.75) is 32.4 Å². The molecule has 0 saturated heterocycles. The van der Waals surface area contributed by atoms with Gasteiger partial charge in [-0.2, -0.15) is 0 Å². The van der Waals surface area contributed by atoms with Crippen LogP contribution < -0.4 is 10.6 Å². The molecule has 1 aromatic carbocycles. The lowest BCUT2D eigenvalue weighted by Gasteiger charge is -2.09. The van der Waals surface area contributed by atoms with Gasteiger partial charge in [0.15, 0.2) is 0 Å². The molecule has 0 aliphatic heterocycles. The predicted molar refractivity (Wildman–Crippen MR) is 89.9 cm³/mol. The maximum absolute atomic E-state index is 12.3. The Morgan fingerprint density at radius 2 is 2.17 bits per heavy atom. The van der Waals surface area contributed by atoms with Gasteiger partial charge in [0.2, 0.25) is 0 Å². The molecule has 1 fully saturated rings. The number of carbonyl (C=O) groups is 1. The second-order valence-corrected chi connectivity index (χ2v) is 5.86. The summed E-state index contributed by atoms with van der Waals surface area (Å²) >= 11 is 0. The Labute approximate surface area is 139 Å². The van der Waals surface area contributed by atoms with Crippen molar-refractivity contribution in [2.24, 2.45) is 0 Å². The highest BCUT2D eigenvalue weighted by molar-refractivity contribution is 5.95. The average molecular weight is 326 g/mol. The number of anilines is 1. The zero-order valence-corrected chi connectivity index (χ0v) is 13.3. The summed E-state index contributed by atoms with van der Waals surface area (Å²) in [6.45, 7) is 2.19. The van der Waals surface area contributed by atoms with E-state index >= 15 is 0 Å². The first-order valence-corrected chi connectivity index (χ1v) is 7.78. The molecule has 0 bridgehead atoms. The van der Waals surface area contributed by atoms with Gasteiger partial charge in [0, 0.05) is 23.9 Å². The molecule has 7 heteroatoms. The van der Waals surface area contributed by atoms with E-state index in [9.17, 15) is 14.9 Å². The summed E-state index contributed by atoms with van der Waals surface area (Å²) in [5.41, 5.74) is 2.39. The summed E-state index contributed by atoms with van der Waals surface area (Å²) in [7, 11) is 0. The molecule has 1 aliphatic carbocycles. The number of benzene rings is 1. The summed E-state index contributed by atoms with van der Waals surface area (Å²) in [6.07, 6.45) is 3.70. The van der Waals surface area contributed by atoms with Gasteiger partial charge < -0.3 is 10.6 Å². The third-order valence-electron chi connectivity index (χ3n) is 3.93. The van der Waals surface area contributed by atoms with Crippen LogP contribution in [0.2, 0.25) is 0 Å². The molecule has 0 unspecified atom stereocenters. The van der Waals surface area contributed by atoms with Gasteiger partial charge in [-0.3, -0.25) is 19.9 Å². The molecule has 3 rings (SSSR count). The molecule has 7 nitrogen and oxygen atoms in total. The highest BCUT2D eigenvalue weighted by atomic mass is 16.6. The number of aryl methyl sites for hydroxylation is 1. The fourth-order valence-electron chi connectivity index (χ4n) is 2.36. The number of nitro groups is 1. The van der Waals surface area contributed by atoms with E-state index in [2.05, 4.69) is 15.6 Å². The first kappa shape index (κ1) is 15.9. The smallest absolute Gasteiger partial charge is 0.293 e. The van der Waals surface area contributed by atoms with Gasteiger partial charge in [0.25, 0.3) is 11.6 Å². The maximum atomic E-state index is 12.3. The molecule has 1 heterocycles. The van der Waals surface area contributed by atoms with Gasteiger partial charge in [-0.05, 0) is 43.5 Å². The van der Waals surface area contributed by atoms with E-state index in [1.165, 1.54) is 6.07 Å². The molecule has 1 aromatic heterocycles. The fourth-order valence-corrected chi connectivity index (χ4v) is 2.36. The Bertz CT molecular complexity index is 787. The number of carbonyl (C=O) groups excluding carboxylic acids is 1. The van der Waals surface area contributed by atoms with Crippen molar-refractivity contribution in [3.63, 3.8) is 0 Å². The number of nitro benzene ring substituents is 1. The standard InChI is InChI=1S/C17H18N4O3/c1-11-3-2-8-18-15(11)10-19-17(22)12-4-7-14(20-13-5-6-13)16(9-12)21(23)24/h2-4,7-9,13,20H,5-6,10H2,1H3,(H,19,22).